The van der Waals surface area contributed by atoms with Gasteiger partial charge in [0.1, 0.15) is 5.76 Å². The first-order valence-electron chi connectivity index (χ1n) is 10.3. The number of rotatable bonds is 4. The lowest BCUT2D eigenvalue weighted by atomic mass is 9.95. The monoisotopic (exact) mass is 383 g/mol. The number of amides is 2. The van der Waals surface area contributed by atoms with Crippen LogP contribution in [0.2, 0.25) is 0 Å². The number of aromatic nitrogens is 1. The van der Waals surface area contributed by atoms with Gasteiger partial charge in [0.05, 0.1) is 18.4 Å². The van der Waals surface area contributed by atoms with Crippen LogP contribution in [0.4, 0.5) is 0 Å². The van der Waals surface area contributed by atoms with Gasteiger partial charge < -0.3 is 18.8 Å². The van der Waals surface area contributed by atoms with Crippen molar-refractivity contribution >= 4 is 11.8 Å². The second-order valence-electron chi connectivity index (χ2n) is 8.05. The van der Waals surface area contributed by atoms with Crippen LogP contribution in [-0.2, 0) is 11.3 Å². The summed E-state index contributed by atoms with van der Waals surface area (Å²) in [6.07, 6.45) is 5.45. The highest BCUT2D eigenvalue weighted by Crippen LogP contribution is 2.25. The zero-order valence-corrected chi connectivity index (χ0v) is 16.8. The third-order valence-corrected chi connectivity index (χ3v) is 6.25. The lowest BCUT2D eigenvalue weighted by molar-refractivity contribution is -0.135. The Labute approximate surface area is 166 Å². The molecule has 0 N–H and O–H groups in total. The van der Waals surface area contributed by atoms with Gasteiger partial charge in [-0.15, -0.1) is 0 Å². The van der Waals surface area contributed by atoms with Crippen LogP contribution >= 0.6 is 0 Å². The van der Waals surface area contributed by atoms with E-state index < -0.39 is 0 Å². The molecule has 6 heteroatoms. The van der Waals surface area contributed by atoms with Gasteiger partial charge in [-0.2, -0.15) is 0 Å². The molecule has 0 atom stereocenters. The van der Waals surface area contributed by atoms with E-state index in [-0.39, 0.29) is 11.8 Å². The molecule has 2 aliphatic rings. The Balaban J connectivity index is 1.41. The smallest absolute Gasteiger partial charge is 0.255 e. The van der Waals surface area contributed by atoms with Gasteiger partial charge in [0, 0.05) is 43.5 Å². The van der Waals surface area contributed by atoms with E-state index in [2.05, 4.69) is 4.57 Å². The van der Waals surface area contributed by atoms with Crippen molar-refractivity contribution in [1.29, 1.82) is 0 Å². The largest absolute Gasteiger partial charge is 0.467 e. The molecule has 0 bridgehead atoms. The fourth-order valence-corrected chi connectivity index (χ4v) is 4.51. The highest BCUT2D eigenvalue weighted by atomic mass is 16.3. The Morgan fingerprint density at radius 3 is 2.43 bits per heavy atom. The molecular formula is C22H29N3O3. The topological polar surface area (TPSA) is 58.7 Å². The molecule has 0 aliphatic carbocycles. The highest BCUT2D eigenvalue weighted by Gasteiger charge is 2.32. The predicted molar refractivity (Wildman–Crippen MR) is 106 cm³/mol. The molecule has 0 aromatic carbocycles. The van der Waals surface area contributed by atoms with E-state index in [0.29, 0.717) is 25.5 Å². The molecule has 0 radical (unpaired) electrons. The third-order valence-electron chi connectivity index (χ3n) is 6.25. The van der Waals surface area contributed by atoms with E-state index in [0.717, 1.165) is 61.5 Å². The number of nitrogens with zero attached hydrogens (tertiary/aromatic N) is 3. The average Bonchev–Trinajstić information content (AvgIpc) is 3.46. The number of hydrogen-bond acceptors (Lipinski definition) is 3. The van der Waals surface area contributed by atoms with Crippen molar-refractivity contribution in [3.05, 3.63) is 47.2 Å². The Kier molecular flexibility index (Phi) is 5.29. The van der Waals surface area contributed by atoms with Gasteiger partial charge in [0.25, 0.3) is 5.91 Å². The Hall–Kier alpha value is -2.50. The summed E-state index contributed by atoms with van der Waals surface area (Å²) in [5.74, 6) is 1.32. The normalized spacial score (nSPS) is 18.1. The third kappa shape index (κ3) is 3.60. The summed E-state index contributed by atoms with van der Waals surface area (Å²) in [4.78, 5) is 29.6. The molecule has 6 nitrogen and oxygen atoms in total. The average molecular weight is 383 g/mol. The number of aryl methyl sites for hydroxylation is 1. The standard InChI is InChI=1S/C22H29N3O3/c1-16-14-20(17(2)25(16)15-19-6-5-13-28-19)22(27)24-11-7-18(8-12-24)21(26)23-9-3-4-10-23/h5-6,13-14,18H,3-4,7-12,15H2,1-2H3. The Morgan fingerprint density at radius 2 is 1.79 bits per heavy atom. The van der Waals surface area contributed by atoms with E-state index in [1.165, 1.54) is 0 Å². The first kappa shape index (κ1) is 18.8. The molecule has 0 saturated carbocycles. The lowest BCUT2D eigenvalue weighted by Gasteiger charge is -2.33. The number of carbonyl (C=O) groups excluding carboxylic acids is 2. The molecule has 4 rings (SSSR count). The molecule has 150 valence electrons. The number of furan rings is 1. The maximum absolute atomic E-state index is 13.1. The van der Waals surface area contributed by atoms with E-state index in [9.17, 15) is 9.59 Å². The minimum absolute atomic E-state index is 0.0749. The van der Waals surface area contributed by atoms with Gasteiger partial charge in [-0.3, -0.25) is 9.59 Å². The van der Waals surface area contributed by atoms with Crippen LogP contribution in [0.15, 0.2) is 28.9 Å². The van der Waals surface area contributed by atoms with Gasteiger partial charge in [0.2, 0.25) is 5.91 Å². The quantitative estimate of drug-likeness (QED) is 0.815. The summed E-state index contributed by atoms with van der Waals surface area (Å²) in [5, 5.41) is 0. The van der Waals surface area contributed by atoms with E-state index in [1.54, 1.807) is 6.26 Å². The SMILES string of the molecule is Cc1cc(C(=O)N2CCC(C(=O)N3CCCC3)CC2)c(C)n1Cc1ccco1. The summed E-state index contributed by atoms with van der Waals surface area (Å²) in [6, 6.07) is 5.80. The molecule has 2 aromatic rings. The van der Waals surface area contributed by atoms with Crippen molar-refractivity contribution in [3.63, 3.8) is 0 Å². The summed E-state index contributed by atoms with van der Waals surface area (Å²) < 4.78 is 7.58. The maximum atomic E-state index is 13.1. The van der Waals surface area contributed by atoms with Crippen LogP contribution in [0.25, 0.3) is 0 Å². The van der Waals surface area contributed by atoms with Gasteiger partial charge in [-0.25, -0.2) is 0 Å². The number of piperidine rings is 1. The molecule has 2 fully saturated rings. The fraction of sp³-hybridized carbons (Fsp3) is 0.545. The maximum Gasteiger partial charge on any atom is 0.255 e. The second kappa shape index (κ2) is 7.86. The molecular weight excluding hydrogens is 354 g/mol. The van der Waals surface area contributed by atoms with E-state index in [1.807, 2.05) is 41.8 Å². The first-order valence-corrected chi connectivity index (χ1v) is 10.3. The zero-order chi connectivity index (χ0) is 19.7. The summed E-state index contributed by atoms with van der Waals surface area (Å²) in [5.41, 5.74) is 2.78. The Morgan fingerprint density at radius 1 is 1.07 bits per heavy atom. The molecule has 2 aromatic heterocycles. The molecule has 0 spiro atoms. The van der Waals surface area contributed by atoms with Gasteiger partial charge >= 0.3 is 0 Å². The van der Waals surface area contributed by atoms with Crippen LogP contribution in [0.3, 0.4) is 0 Å². The van der Waals surface area contributed by atoms with Crippen LogP contribution in [0.5, 0.6) is 0 Å². The fourth-order valence-electron chi connectivity index (χ4n) is 4.51. The molecule has 2 aliphatic heterocycles. The van der Waals surface area contributed by atoms with Crippen molar-refractivity contribution in [1.82, 2.24) is 14.4 Å². The number of likely N-dealkylation sites (tertiary alicyclic amines) is 2. The zero-order valence-electron chi connectivity index (χ0n) is 16.8. The minimum atomic E-state index is 0.0749. The Bertz CT molecular complexity index is 839. The van der Waals surface area contributed by atoms with Crippen molar-refractivity contribution in [2.75, 3.05) is 26.2 Å². The second-order valence-corrected chi connectivity index (χ2v) is 8.05. The molecule has 28 heavy (non-hydrogen) atoms. The molecule has 2 saturated heterocycles. The first-order chi connectivity index (χ1) is 13.5. The molecule has 4 heterocycles. The molecule has 2 amide bonds. The van der Waals surface area contributed by atoms with Crippen molar-refractivity contribution in [2.24, 2.45) is 5.92 Å². The predicted octanol–water partition coefficient (Wildman–Crippen LogP) is 3.22. The van der Waals surface area contributed by atoms with Crippen LogP contribution in [0.1, 0.15) is 53.2 Å². The van der Waals surface area contributed by atoms with Gasteiger partial charge in [0.15, 0.2) is 0 Å². The summed E-state index contributed by atoms with van der Waals surface area (Å²) in [7, 11) is 0. The van der Waals surface area contributed by atoms with Crippen molar-refractivity contribution in [3.8, 4) is 0 Å². The van der Waals surface area contributed by atoms with E-state index in [4.69, 9.17) is 4.42 Å². The van der Waals surface area contributed by atoms with Crippen LogP contribution in [-0.4, -0.2) is 52.4 Å². The highest BCUT2D eigenvalue weighted by molar-refractivity contribution is 5.96. The van der Waals surface area contributed by atoms with Crippen molar-refractivity contribution in [2.45, 2.75) is 46.1 Å². The van der Waals surface area contributed by atoms with Crippen LogP contribution < -0.4 is 0 Å². The van der Waals surface area contributed by atoms with Gasteiger partial charge in [-0.1, -0.05) is 0 Å². The minimum Gasteiger partial charge on any atom is -0.467 e. The van der Waals surface area contributed by atoms with Crippen molar-refractivity contribution < 1.29 is 14.0 Å². The van der Waals surface area contributed by atoms with Gasteiger partial charge in [-0.05, 0) is 57.7 Å². The summed E-state index contributed by atoms with van der Waals surface area (Å²) >= 11 is 0. The number of carbonyl (C=O) groups is 2. The summed E-state index contributed by atoms with van der Waals surface area (Å²) in [6.45, 7) is 7.76. The number of hydrogen-bond donors (Lipinski definition) is 0. The van der Waals surface area contributed by atoms with Crippen LogP contribution in [0, 0.1) is 19.8 Å². The lowest BCUT2D eigenvalue weighted by Crippen LogP contribution is -2.43. The van der Waals surface area contributed by atoms with E-state index >= 15 is 0 Å². The molecule has 0 unspecified atom stereocenters.